The van der Waals surface area contributed by atoms with Crippen molar-refractivity contribution >= 4 is 11.7 Å². The largest absolute Gasteiger partial charge is 0.340 e. The molecule has 1 fully saturated rings. The van der Waals surface area contributed by atoms with Crippen molar-refractivity contribution < 1.29 is 9.59 Å². The molecule has 1 amide bonds. The molecular formula is C23H31N3O2. The first-order valence-electron chi connectivity index (χ1n) is 10.1. The van der Waals surface area contributed by atoms with Crippen LogP contribution in [-0.2, 0) is 4.79 Å². The van der Waals surface area contributed by atoms with E-state index in [1.165, 1.54) is 5.56 Å². The average Bonchev–Trinajstić information content (AvgIpc) is 2.97. The van der Waals surface area contributed by atoms with Gasteiger partial charge >= 0.3 is 0 Å². The second-order valence-electron chi connectivity index (χ2n) is 8.14. The molecule has 2 heterocycles. The van der Waals surface area contributed by atoms with Gasteiger partial charge in [-0.15, -0.1) is 0 Å². The van der Waals surface area contributed by atoms with Gasteiger partial charge in [-0.05, 0) is 39.0 Å². The molecule has 1 aliphatic heterocycles. The molecule has 2 aromatic rings. The number of benzene rings is 1. The molecule has 0 bridgehead atoms. The number of aromatic nitrogens is 1. The highest BCUT2D eigenvalue weighted by molar-refractivity contribution is 5.99. The zero-order chi connectivity index (χ0) is 20.4. The molecular weight excluding hydrogens is 350 g/mol. The van der Waals surface area contributed by atoms with E-state index in [-0.39, 0.29) is 17.6 Å². The Morgan fingerprint density at radius 3 is 2.14 bits per heavy atom. The number of piperazine rings is 1. The minimum atomic E-state index is 0.0281. The van der Waals surface area contributed by atoms with E-state index in [0.717, 1.165) is 35.7 Å². The molecule has 0 unspecified atom stereocenters. The predicted molar refractivity (Wildman–Crippen MR) is 112 cm³/mol. The zero-order valence-electron chi connectivity index (χ0n) is 17.7. The molecule has 0 saturated carbocycles. The fourth-order valence-corrected chi connectivity index (χ4v) is 3.92. The SMILES string of the molecule is Cc1ccc(-n2c(C)cc(C(=O)CN3CCN(C(=O)C(C)C)CC3)c2C)cc1. The number of amides is 1. The van der Waals surface area contributed by atoms with Crippen molar-refractivity contribution in [3.8, 4) is 5.69 Å². The first-order valence-corrected chi connectivity index (χ1v) is 10.1. The smallest absolute Gasteiger partial charge is 0.225 e. The Hall–Kier alpha value is -2.40. The number of aryl methyl sites for hydroxylation is 2. The van der Waals surface area contributed by atoms with E-state index in [9.17, 15) is 9.59 Å². The maximum atomic E-state index is 13.0. The summed E-state index contributed by atoms with van der Waals surface area (Å²) in [6, 6.07) is 10.4. The Morgan fingerprint density at radius 2 is 1.57 bits per heavy atom. The third-order valence-corrected chi connectivity index (χ3v) is 5.57. The summed E-state index contributed by atoms with van der Waals surface area (Å²) in [6.07, 6.45) is 0. The maximum absolute atomic E-state index is 13.0. The van der Waals surface area contributed by atoms with Crippen LogP contribution in [0.25, 0.3) is 5.69 Å². The average molecular weight is 382 g/mol. The number of nitrogens with zero attached hydrogens (tertiary/aromatic N) is 3. The number of hydrogen-bond donors (Lipinski definition) is 0. The fraction of sp³-hybridized carbons (Fsp3) is 0.478. The summed E-state index contributed by atoms with van der Waals surface area (Å²) >= 11 is 0. The summed E-state index contributed by atoms with van der Waals surface area (Å²) in [5, 5.41) is 0. The van der Waals surface area contributed by atoms with Gasteiger partial charge in [-0.3, -0.25) is 14.5 Å². The lowest BCUT2D eigenvalue weighted by molar-refractivity contribution is -0.136. The lowest BCUT2D eigenvalue weighted by Gasteiger charge is -2.35. The van der Waals surface area contributed by atoms with Crippen LogP contribution in [0.15, 0.2) is 30.3 Å². The summed E-state index contributed by atoms with van der Waals surface area (Å²) < 4.78 is 2.14. The molecule has 5 heteroatoms. The standard InChI is InChI=1S/C23H31N3O2/c1-16(2)23(28)25-12-10-24(11-13-25)15-22(27)21-14-18(4)26(19(21)5)20-8-6-17(3)7-9-20/h6-9,14,16H,10-13,15H2,1-5H3. The molecule has 5 nitrogen and oxygen atoms in total. The number of rotatable bonds is 5. The summed E-state index contributed by atoms with van der Waals surface area (Å²) in [5.74, 6) is 0.378. The van der Waals surface area contributed by atoms with Gasteiger partial charge in [0.15, 0.2) is 5.78 Å². The summed E-state index contributed by atoms with van der Waals surface area (Å²) in [6.45, 7) is 13.3. The van der Waals surface area contributed by atoms with Crippen molar-refractivity contribution in [3.05, 3.63) is 52.8 Å². The number of hydrogen-bond acceptors (Lipinski definition) is 3. The third kappa shape index (κ3) is 4.20. The van der Waals surface area contributed by atoms with Crippen LogP contribution >= 0.6 is 0 Å². The van der Waals surface area contributed by atoms with E-state index in [0.29, 0.717) is 19.6 Å². The second kappa shape index (κ2) is 8.31. The molecule has 1 aromatic carbocycles. The van der Waals surface area contributed by atoms with E-state index in [4.69, 9.17) is 0 Å². The quantitative estimate of drug-likeness (QED) is 0.746. The van der Waals surface area contributed by atoms with Crippen molar-refractivity contribution in [1.29, 1.82) is 0 Å². The molecule has 1 aromatic heterocycles. The van der Waals surface area contributed by atoms with Gasteiger partial charge in [0.1, 0.15) is 0 Å². The number of Topliss-reactive ketones (excluding diaryl/α,β-unsaturated/α-hetero) is 1. The van der Waals surface area contributed by atoms with E-state index in [2.05, 4.69) is 40.7 Å². The Bertz CT molecular complexity index is 857. The molecule has 0 radical (unpaired) electrons. The van der Waals surface area contributed by atoms with Gasteiger partial charge in [0.2, 0.25) is 5.91 Å². The van der Waals surface area contributed by atoms with Crippen molar-refractivity contribution in [2.45, 2.75) is 34.6 Å². The van der Waals surface area contributed by atoms with Gasteiger partial charge < -0.3 is 9.47 Å². The molecule has 0 atom stereocenters. The first-order chi connectivity index (χ1) is 13.3. The third-order valence-electron chi connectivity index (χ3n) is 5.57. The predicted octanol–water partition coefficient (Wildman–Crippen LogP) is 3.39. The van der Waals surface area contributed by atoms with Gasteiger partial charge in [0, 0.05) is 54.7 Å². The Balaban J connectivity index is 1.68. The van der Waals surface area contributed by atoms with Crippen LogP contribution in [0.4, 0.5) is 0 Å². The summed E-state index contributed by atoms with van der Waals surface area (Å²) in [5.41, 5.74) is 5.15. The van der Waals surface area contributed by atoms with Gasteiger partial charge in [-0.1, -0.05) is 31.5 Å². The van der Waals surface area contributed by atoms with Crippen molar-refractivity contribution in [2.75, 3.05) is 32.7 Å². The minimum absolute atomic E-state index is 0.0281. The van der Waals surface area contributed by atoms with E-state index >= 15 is 0 Å². The minimum Gasteiger partial charge on any atom is -0.340 e. The number of carbonyl (C=O) groups excluding carboxylic acids is 2. The first kappa shape index (κ1) is 20.3. The fourth-order valence-electron chi connectivity index (χ4n) is 3.92. The molecule has 1 aliphatic rings. The molecule has 1 saturated heterocycles. The van der Waals surface area contributed by atoms with Crippen molar-refractivity contribution in [2.24, 2.45) is 5.92 Å². The van der Waals surface area contributed by atoms with Crippen LogP contribution in [0.2, 0.25) is 0 Å². The Kier molecular flexibility index (Phi) is 6.04. The summed E-state index contributed by atoms with van der Waals surface area (Å²) in [7, 11) is 0. The van der Waals surface area contributed by atoms with Gasteiger partial charge in [0.25, 0.3) is 0 Å². The van der Waals surface area contributed by atoms with Crippen LogP contribution in [0.5, 0.6) is 0 Å². The van der Waals surface area contributed by atoms with Crippen LogP contribution in [0.1, 0.15) is 41.2 Å². The van der Waals surface area contributed by atoms with Gasteiger partial charge in [-0.25, -0.2) is 0 Å². The van der Waals surface area contributed by atoms with Crippen LogP contribution < -0.4 is 0 Å². The van der Waals surface area contributed by atoms with Crippen LogP contribution in [-0.4, -0.2) is 58.8 Å². The highest BCUT2D eigenvalue weighted by atomic mass is 16.2. The normalized spacial score (nSPS) is 15.3. The van der Waals surface area contributed by atoms with Crippen molar-refractivity contribution in [1.82, 2.24) is 14.4 Å². The highest BCUT2D eigenvalue weighted by Gasteiger charge is 2.25. The topological polar surface area (TPSA) is 45.6 Å². The molecule has 28 heavy (non-hydrogen) atoms. The van der Waals surface area contributed by atoms with E-state index in [1.807, 2.05) is 38.7 Å². The molecule has 0 N–H and O–H groups in total. The monoisotopic (exact) mass is 381 g/mol. The van der Waals surface area contributed by atoms with Gasteiger partial charge in [0.05, 0.1) is 6.54 Å². The zero-order valence-corrected chi connectivity index (χ0v) is 17.7. The lowest BCUT2D eigenvalue weighted by Crippen LogP contribution is -2.50. The molecule has 3 rings (SSSR count). The molecule has 0 aliphatic carbocycles. The number of ketones is 1. The molecule has 150 valence electrons. The van der Waals surface area contributed by atoms with E-state index in [1.54, 1.807) is 0 Å². The molecule has 0 spiro atoms. The highest BCUT2D eigenvalue weighted by Crippen LogP contribution is 2.22. The lowest BCUT2D eigenvalue weighted by atomic mass is 10.1. The van der Waals surface area contributed by atoms with E-state index < -0.39 is 0 Å². The second-order valence-corrected chi connectivity index (χ2v) is 8.14. The van der Waals surface area contributed by atoms with Crippen molar-refractivity contribution in [3.63, 3.8) is 0 Å². The maximum Gasteiger partial charge on any atom is 0.225 e. The Morgan fingerprint density at radius 1 is 0.964 bits per heavy atom. The Labute approximate surface area is 167 Å². The van der Waals surface area contributed by atoms with Crippen LogP contribution in [0.3, 0.4) is 0 Å². The van der Waals surface area contributed by atoms with Crippen LogP contribution in [0, 0.1) is 26.7 Å². The summed E-state index contributed by atoms with van der Waals surface area (Å²) in [4.78, 5) is 29.2. The number of carbonyl (C=O) groups is 2. The van der Waals surface area contributed by atoms with Gasteiger partial charge in [-0.2, -0.15) is 0 Å².